The molecule has 0 unspecified atom stereocenters. The van der Waals surface area contributed by atoms with Gasteiger partial charge >= 0.3 is 0 Å². The molecule has 0 aliphatic carbocycles. The predicted octanol–water partition coefficient (Wildman–Crippen LogP) is 3.46. The van der Waals surface area contributed by atoms with Crippen molar-refractivity contribution in [3.8, 4) is 5.75 Å². The van der Waals surface area contributed by atoms with Crippen LogP contribution in [0, 0.1) is 0 Å². The minimum absolute atomic E-state index is 0.584. The van der Waals surface area contributed by atoms with E-state index >= 15 is 0 Å². The van der Waals surface area contributed by atoms with Crippen LogP contribution in [0.3, 0.4) is 0 Å². The van der Waals surface area contributed by atoms with Crippen molar-refractivity contribution >= 4 is 0 Å². The van der Waals surface area contributed by atoms with Gasteiger partial charge in [0.15, 0.2) is 0 Å². The van der Waals surface area contributed by atoms with Crippen molar-refractivity contribution in [1.82, 2.24) is 0 Å². The lowest BCUT2D eigenvalue weighted by Crippen LogP contribution is -2.11. The van der Waals surface area contributed by atoms with E-state index in [1.165, 1.54) is 12.0 Å². The Morgan fingerprint density at radius 3 is 2.00 bits per heavy atom. The number of hydrogen-bond acceptors (Lipinski definition) is 3. The van der Waals surface area contributed by atoms with Gasteiger partial charge in [-0.1, -0.05) is 32.4 Å². The van der Waals surface area contributed by atoms with Crippen LogP contribution >= 0.6 is 0 Å². The van der Waals surface area contributed by atoms with E-state index < -0.39 is 0 Å². The quantitative estimate of drug-likeness (QED) is 0.574. The van der Waals surface area contributed by atoms with Crippen molar-refractivity contribution in [1.29, 1.82) is 0 Å². The van der Waals surface area contributed by atoms with Crippen molar-refractivity contribution in [3.05, 3.63) is 29.8 Å². The van der Waals surface area contributed by atoms with E-state index in [9.17, 15) is 0 Å². The third-order valence-electron chi connectivity index (χ3n) is 2.68. The molecule has 0 aromatic heterocycles. The second-order valence-corrected chi connectivity index (χ2v) is 4.47. The fraction of sp³-hybridized carbons (Fsp3) is 0.625. The fourth-order valence-corrected chi connectivity index (χ4v) is 1.73. The highest BCUT2D eigenvalue weighted by Gasteiger charge is 1.95. The lowest BCUT2D eigenvalue weighted by atomic mass is 10.1. The van der Waals surface area contributed by atoms with E-state index in [4.69, 9.17) is 14.2 Å². The van der Waals surface area contributed by atoms with Gasteiger partial charge in [-0.15, -0.1) is 0 Å². The van der Waals surface area contributed by atoms with Crippen molar-refractivity contribution in [2.45, 2.75) is 33.1 Å². The molecule has 0 spiro atoms. The molecule has 0 radical (unpaired) electrons. The first-order valence-electron chi connectivity index (χ1n) is 7.24. The molecule has 1 aromatic rings. The van der Waals surface area contributed by atoms with Crippen LogP contribution < -0.4 is 4.74 Å². The molecule has 19 heavy (non-hydrogen) atoms. The summed E-state index contributed by atoms with van der Waals surface area (Å²) in [6.45, 7) is 7.59. The molecule has 0 saturated carbocycles. The summed E-state index contributed by atoms with van der Waals surface area (Å²) in [5, 5.41) is 0. The number of aryl methyl sites for hydroxylation is 1. The molecule has 1 rings (SSSR count). The number of ether oxygens (including phenoxy) is 3. The molecule has 0 fully saturated rings. The lowest BCUT2D eigenvalue weighted by Gasteiger charge is -2.08. The lowest BCUT2D eigenvalue weighted by molar-refractivity contribution is 0.0366. The summed E-state index contributed by atoms with van der Waals surface area (Å²) < 4.78 is 16.3. The van der Waals surface area contributed by atoms with Gasteiger partial charge in [0.1, 0.15) is 12.4 Å². The van der Waals surface area contributed by atoms with E-state index in [1.807, 2.05) is 12.1 Å². The standard InChI is InChI=1S/C16H26O3/c1-3-5-15-6-8-16(9-7-15)19-14-13-18-12-11-17-10-4-2/h6-9H,3-5,10-14H2,1-2H3. The van der Waals surface area contributed by atoms with Crippen LogP contribution in [0.15, 0.2) is 24.3 Å². The highest BCUT2D eigenvalue weighted by Crippen LogP contribution is 2.13. The van der Waals surface area contributed by atoms with Gasteiger partial charge in [-0.05, 0) is 30.5 Å². The Balaban J connectivity index is 2.02. The average molecular weight is 266 g/mol. The SMILES string of the molecule is CCCOCCOCCOc1ccc(CCC)cc1. The Bertz CT molecular complexity index is 308. The molecule has 0 amide bonds. The van der Waals surface area contributed by atoms with Crippen molar-refractivity contribution in [2.24, 2.45) is 0 Å². The topological polar surface area (TPSA) is 27.7 Å². The largest absolute Gasteiger partial charge is 0.491 e. The van der Waals surface area contributed by atoms with E-state index in [0.717, 1.165) is 25.2 Å². The fourth-order valence-electron chi connectivity index (χ4n) is 1.73. The van der Waals surface area contributed by atoms with Crippen LogP contribution in [0.4, 0.5) is 0 Å². The molecule has 0 aliphatic rings. The number of rotatable bonds is 11. The van der Waals surface area contributed by atoms with E-state index in [-0.39, 0.29) is 0 Å². The molecular formula is C16H26O3. The summed E-state index contributed by atoms with van der Waals surface area (Å²) in [5.74, 6) is 0.908. The maximum atomic E-state index is 5.60. The first-order chi connectivity index (χ1) is 9.36. The third-order valence-corrected chi connectivity index (χ3v) is 2.68. The minimum Gasteiger partial charge on any atom is -0.491 e. The normalized spacial score (nSPS) is 10.6. The van der Waals surface area contributed by atoms with Crippen LogP contribution in [0.5, 0.6) is 5.75 Å². The second kappa shape index (κ2) is 10.8. The molecule has 0 aliphatic heterocycles. The molecular weight excluding hydrogens is 240 g/mol. The third kappa shape index (κ3) is 7.85. The summed E-state index contributed by atoms with van der Waals surface area (Å²) in [7, 11) is 0. The Morgan fingerprint density at radius 2 is 1.37 bits per heavy atom. The summed E-state index contributed by atoms with van der Waals surface area (Å²) in [4.78, 5) is 0. The van der Waals surface area contributed by atoms with Gasteiger partial charge in [0, 0.05) is 6.61 Å². The number of benzene rings is 1. The van der Waals surface area contributed by atoms with Gasteiger partial charge in [-0.25, -0.2) is 0 Å². The first-order valence-corrected chi connectivity index (χ1v) is 7.24. The monoisotopic (exact) mass is 266 g/mol. The minimum atomic E-state index is 0.584. The Hall–Kier alpha value is -1.06. The van der Waals surface area contributed by atoms with E-state index in [2.05, 4.69) is 26.0 Å². The van der Waals surface area contributed by atoms with Crippen LogP contribution in [-0.2, 0) is 15.9 Å². The maximum Gasteiger partial charge on any atom is 0.119 e. The van der Waals surface area contributed by atoms with Gasteiger partial charge in [0.05, 0.1) is 19.8 Å². The van der Waals surface area contributed by atoms with Crippen LogP contribution in [-0.4, -0.2) is 33.0 Å². The Labute approximate surface area is 116 Å². The van der Waals surface area contributed by atoms with Crippen LogP contribution in [0.25, 0.3) is 0 Å². The molecule has 0 heterocycles. The predicted molar refractivity (Wildman–Crippen MR) is 77.9 cm³/mol. The summed E-state index contributed by atoms with van der Waals surface area (Å²) in [5.41, 5.74) is 1.36. The molecule has 108 valence electrons. The van der Waals surface area contributed by atoms with Gasteiger partial charge in [-0.3, -0.25) is 0 Å². The molecule has 1 aromatic carbocycles. The number of hydrogen-bond donors (Lipinski definition) is 0. The zero-order chi connectivity index (χ0) is 13.8. The van der Waals surface area contributed by atoms with Gasteiger partial charge in [-0.2, -0.15) is 0 Å². The molecule has 0 saturated heterocycles. The molecule has 3 nitrogen and oxygen atoms in total. The first kappa shape index (κ1) is 16.0. The zero-order valence-corrected chi connectivity index (χ0v) is 12.2. The van der Waals surface area contributed by atoms with Crippen molar-refractivity contribution in [2.75, 3.05) is 33.0 Å². The van der Waals surface area contributed by atoms with Gasteiger partial charge in [0.25, 0.3) is 0 Å². The highest BCUT2D eigenvalue weighted by molar-refractivity contribution is 5.27. The van der Waals surface area contributed by atoms with Gasteiger partial charge < -0.3 is 14.2 Å². The molecule has 0 N–H and O–H groups in total. The molecule has 3 heteroatoms. The molecule has 0 atom stereocenters. The maximum absolute atomic E-state index is 5.60. The van der Waals surface area contributed by atoms with Crippen LogP contribution in [0.1, 0.15) is 32.3 Å². The summed E-state index contributed by atoms with van der Waals surface area (Å²) in [6.07, 6.45) is 3.35. The average Bonchev–Trinajstić information content (AvgIpc) is 2.44. The van der Waals surface area contributed by atoms with E-state index in [1.54, 1.807) is 0 Å². The smallest absolute Gasteiger partial charge is 0.119 e. The van der Waals surface area contributed by atoms with Gasteiger partial charge in [0.2, 0.25) is 0 Å². The Morgan fingerprint density at radius 1 is 0.737 bits per heavy atom. The Kier molecular flexibility index (Phi) is 9.11. The second-order valence-electron chi connectivity index (χ2n) is 4.47. The van der Waals surface area contributed by atoms with Crippen molar-refractivity contribution < 1.29 is 14.2 Å². The summed E-state index contributed by atoms with van der Waals surface area (Å²) in [6, 6.07) is 8.29. The zero-order valence-electron chi connectivity index (χ0n) is 12.2. The molecule has 0 bridgehead atoms. The van der Waals surface area contributed by atoms with Crippen LogP contribution in [0.2, 0.25) is 0 Å². The van der Waals surface area contributed by atoms with Crippen molar-refractivity contribution in [3.63, 3.8) is 0 Å². The van der Waals surface area contributed by atoms with E-state index in [0.29, 0.717) is 26.4 Å². The highest BCUT2D eigenvalue weighted by atomic mass is 16.5. The summed E-state index contributed by atoms with van der Waals surface area (Å²) >= 11 is 0.